The molecule has 0 spiro atoms. The molecule has 0 aliphatic carbocycles. The van der Waals surface area contributed by atoms with E-state index in [4.69, 9.17) is 4.74 Å². The summed E-state index contributed by atoms with van der Waals surface area (Å²) in [5.41, 5.74) is 3.23. The number of ether oxygens (including phenoxy) is 1. The molecule has 0 radical (unpaired) electrons. The van der Waals surface area contributed by atoms with E-state index in [9.17, 15) is 13.2 Å². The highest BCUT2D eigenvalue weighted by Crippen LogP contribution is 2.28. The summed E-state index contributed by atoms with van der Waals surface area (Å²) in [4.78, 5) is 13.3. The van der Waals surface area contributed by atoms with E-state index in [2.05, 4.69) is 10.0 Å². The van der Waals surface area contributed by atoms with E-state index < -0.39 is 22.0 Å². The zero-order valence-corrected chi connectivity index (χ0v) is 20.1. The molecule has 0 saturated heterocycles. The van der Waals surface area contributed by atoms with Crippen LogP contribution < -0.4 is 14.8 Å². The summed E-state index contributed by atoms with van der Waals surface area (Å²) in [6, 6.07) is 20.7. The number of sulfonamides is 1. The largest absolute Gasteiger partial charge is 0.495 e. The van der Waals surface area contributed by atoms with Crippen molar-refractivity contribution in [1.82, 2.24) is 4.72 Å². The number of hydrogen-bond acceptors (Lipinski definition) is 4. The summed E-state index contributed by atoms with van der Waals surface area (Å²) in [5, 5.41) is 2.87. The van der Waals surface area contributed by atoms with E-state index in [0.717, 1.165) is 16.7 Å². The lowest BCUT2D eigenvalue weighted by Gasteiger charge is -2.21. The first-order valence-electron chi connectivity index (χ1n) is 10.8. The molecule has 3 rings (SSSR count). The van der Waals surface area contributed by atoms with Gasteiger partial charge in [0, 0.05) is 5.69 Å². The van der Waals surface area contributed by atoms with E-state index in [1.807, 2.05) is 75.4 Å². The van der Waals surface area contributed by atoms with E-state index >= 15 is 0 Å². The molecule has 0 heterocycles. The maximum atomic E-state index is 13.4. The minimum Gasteiger partial charge on any atom is -0.495 e. The average molecular weight is 467 g/mol. The predicted octanol–water partition coefficient (Wildman–Crippen LogP) is 4.66. The second kappa shape index (κ2) is 10.6. The third-order valence-corrected chi connectivity index (χ3v) is 6.94. The fraction of sp³-hybridized carbons (Fsp3) is 0.269. The van der Waals surface area contributed by atoms with Gasteiger partial charge in [-0.25, -0.2) is 8.42 Å². The number of nitrogens with one attached hydrogen (secondary N) is 2. The van der Waals surface area contributed by atoms with Gasteiger partial charge in [0.05, 0.1) is 7.11 Å². The number of para-hydroxylation sites is 1. The maximum Gasteiger partial charge on any atom is 0.245 e. The summed E-state index contributed by atoms with van der Waals surface area (Å²) in [5.74, 6) is -0.0743. The van der Waals surface area contributed by atoms with Crippen molar-refractivity contribution in [2.75, 3.05) is 12.4 Å². The van der Waals surface area contributed by atoms with Crippen LogP contribution in [0.25, 0.3) is 0 Å². The SMILES string of the molecule is COc1ccc(C(C)C)cc1S(=O)(=O)NC(Cc1ccccc1)C(=O)Nc1ccccc1C. The molecule has 1 atom stereocenters. The Morgan fingerprint density at radius 3 is 2.27 bits per heavy atom. The van der Waals surface area contributed by atoms with Crippen LogP contribution in [0.4, 0.5) is 5.69 Å². The minimum absolute atomic E-state index is 0.0120. The fourth-order valence-corrected chi connectivity index (χ4v) is 4.88. The van der Waals surface area contributed by atoms with Crippen LogP contribution >= 0.6 is 0 Å². The number of amides is 1. The van der Waals surface area contributed by atoms with Crippen LogP contribution in [0.5, 0.6) is 5.75 Å². The van der Waals surface area contributed by atoms with Gasteiger partial charge < -0.3 is 10.1 Å². The van der Waals surface area contributed by atoms with Gasteiger partial charge in [-0.1, -0.05) is 68.4 Å². The first-order valence-corrected chi connectivity index (χ1v) is 12.3. The lowest BCUT2D eigenvalue weighted by atomic mass is 10.0. The van der Waals surface area contributed by atoms with Gasteiger partial charge in [0.15, 0.2) is 0 Å². The van der Waals surface area contributed by atoms with Crippen LogP contribution in [0.1, 0.15) is 36.5 Å². The van der Waals surface area contributed by atoms with Crippen molar-refractivity contribution in [3.63, 3.8) is 0 Å². The second-order valence-electron chi connectivity index (χ2n) is 8.23. The van der Waals surface area contributed by atoms with Crippen molar-refractivity contribution in [1.29, 1.82) is 0 Å². The zero-order chi connectivity index (χ0) is 24.0. The van der Waals surface area contributed by atoms with Gasteiger partial charge in [0.1, 0.15) is 16.7 Å². The maximum absolute atomic E-state index is 13.4. The smallest absolute Gasteiger partial charge is 0.245 e. The fourth-order valence-electron chi connectivity index (χ4n) is 3.48. The molecule has 0 saturated carbocycles. The van der Waals surface area contributed by atoms with Crippen molar-refractivity contribution in [2.24, 2.45) is 0 Å². The summed E-state index contributed by atoms with van der Waals surface area (Å²) >= 11 is 0. The molecule has 6 nitrogen and oxygen atoms in total. The number of methoxy groups -OCH3 is 1. The molecule has 0 aromatic heterocycles. The molecule has 1 unspecified atom stereocenters. The van der Waals surface area contributed by atoms with Crippen LogP contribution in [-0.4, -0.2) is 27.5 Å². The van der Waals surface area contributed by atoms with E-state index in [-0.39, 0.29) is 23.0 Å². The molecule has 33 heavy (non-hydrogen) atoms. The number of carbonyl (C=O) groups is 1. The highest BCUT2D eigenvalue weighted by Gasteiger charge is 2.29. The first-order chi connectivity index (χ1) is 15.7. The molecule has 7 heteroatoms. The first kappa shape index (κ1) is 24.5. The van der Waals surface area contributed by atoms with Crippen LogP contribution in [0.15, 0.2) is 77.7 Å². The molecule has 0 fully saturated rings. The standard InChI is InChI=1S/C26H30N2O4S/c1-18(2)21-14-15-24(32-4)25(17-21)33(30,31)28-23(16-20-11-6-5-7-12-20)26(29)27-22-13-9-8-10-19(22)3/h5-15,17-18,23,28H,16H2,1-4H3,(H,27,29). The molecule has 3 aromatic carbocycles. The minimum atomic E-state index is -4.06. The van der Waals surface area contributed by atoms with Crippen LogP contribution in [0, 0.1) is 6.92 Å². The van der Waals surface area contributed by atoms with Crippen LogP contribution in [0.3, 0.4) is 0 Å². The Hall–Kier alpha value is -3.16. The Morgan fingerprint density at radius 1 is 0.970 bits per heavy atom. The van der Waals surface area contributed by atoms with E-state index in [1.165, 1.54) is 7.11 Å². The number of rotatable bonds is 9. The van der Waals surface area contributed by atoms with Gasteiger partial charge in [-0.15, -0.1) is 0 Å². The van der Waals surface area contributed by atoms with Gasteiger partial charge in [-0.05, 0) is 54.2 Å². The lowest BCUT2D eigenvalue weighted by molar-refractivity contribution is -0.117. The summed E-state index contributed by atoms with van der Waals surface area (Å²) in [6.45, 7) is 5.85. The van der Waals surface area contributed by atoms with Crippen LogP contribution in [-0.2, 0) is 21.2 Å². The van der Waals surface area contributed by atoms with Crippen LogP contribution in [0.2, 0.25) is 0 Å². The third kappa shape index (κ3) is 6.21. The number of anilines is 1. The van der Waals surface area contributed by atoms with Crippen molar-refractivity contribution in [3.8, 4) is 5.75 Å². The molecule has 174 valence electrons. The number of benzene rings is 3. The van der Waals surface area contributed by atoms with Crippen molar-refractivity contribution in [2.45, 2.75) is 44.0 Å². The van der Waals surface area contributed by atoms with Crippen molar-refractivity contribution in [3.05, 3.63) is 89.5 Å². The molecular formula is C26H30N2O4S. The lowest BCUT2D eigenvalue weighted by Crippen LogP contribution is -2.45. The Balaban J connectivity index is 1.96. The average Bonchev–Trinajstić information content (AvgIpc) is 2.80. The Morgan fingerprint density at radius 2 is 1.64 bits per heavy atom. The highest BCUT2D eigenvalue weighted by atomic mass is 32.2. The Bertz CT molecular complexity index is 1210. The van der Waals surface area contributed by atoms with Gasteiger partial charge in [-0.3, -0.25) is 4.79 Å². The Kier molecular flexibility index (Phi) is 7.89. The molecular weight excluding hydrogens is 436 g/mol. The second-order valence-corrected chi connectivity index (χ2v) is 9.92. The van der Waals surface area contributed by atoms with E-state index in [1.54, 1.807) is 18.2 Å². The monoisotopic (exact) mass is 466 g/mol. The highest BCUT2D eigenvalue weighted by molar-refractivity contribution is 7.89. The molecule has 1 amide bonds. The summed E-state index contributed by atoms with van der Waals surface area (Å²) in [7, 11) is -2.64. The quantitative estimate of drug-likeness (QED) is 0.481. The van der Waals surface area contributed by atoms with E-state index in [0.29, 0.717) is 5.69 Å². The molecule has 0 aliphatic rings. The summed E-state index contributed by atoms with van der Waals surface area (Å²) in [6.07, 6.45) is 0.198. The predicted molar refractivity (Wildman–Crippen MR) is 131 cm³/mol. The zero-order valence-electron chi connectivity index (χ0n) is 19.3. The number of hydrogen-bond donors (Lipinski definition) is 2. The van der Waals surface area contributed by atoms with Gasteiger partial charge in [0.2, 0.25) is 15.9 Å². The summed E-state index contributed by atoms with van der Waals surface area (Å²) < 4.78 is 34.8. The van der Waals surface area contributed by atoms with Gasteiger partial charge in [0.25, 0.3) is 0 Å². The van der Waals surface area contributed by atoms with Crippen molar-refractivity contribution < 1.29 is 17.9 Å². The molecule has 0 bridgehead atoms. The van der Waals surface area contributed by atoms with Gasteiger partial charge in [-0.2, -0.15) is 4.72 Å². The van der Waals surface area contributed by atoms with Gasteiger partial charge >= 0.3 is 0 Å². The number of carbonyl (C=O) groups excluding carboxylic acids is 1. The number of aryl methyl sites for hydroxylation is 1. The normalized spacial score (nSPS) is 12.4. The Labute approximate surface area is 196 Å². The van der Waals surface area contributed by atoms with Crippen molar-refractivity contribution >= 4 is 21.6 Å². The molecule has 0 aliphatic heterocycles. The molecule has 3 aromatic rings. The molecule has 2 N–H and O–H groups in total. The third-order valence-electron chi connectivity index (χ3n) is 5.44. The topological polar surface area (TPSA) is 84.5 Å².